The average Bonchev–Trinajstić information content (AvgIpc) is 3.28. The third kappa shape index (κ3) is 9.45. The molecule has 0 spiro atoms. The number of hydrogen-bond acceptors (Lipinski definition) is 12. The summed E-state index contributed by atoms with van der Waals surface area (Å²) in [4.78, 5) is 34.5. The quantitative estimate of drug-likeness (QED) is 0.0570. The maximum atomic E-state index is 15.2. The number of benzene rings is 2. The molecule has 2 fully saturated rings. The van der Waals surface area contributed by atoms with E-state index < -0.39 is 71.0 Å². The SMILES string of the molecule is Cc1c(C(=O)OC[C@@H](O)CNC(=O)c2ccc(F)c(-c3ccc(NCC4(c5ncccc5F)CC(F)C4)nn3)c2)ccc(F)c1-c1ccc(NCC2(c3ncccc3F)CC(F)C2)nn1. The van der Waals surface area contributed by atoms with E-state index in [0.717, 1.165) is 12.1 Å². The van der Waals surface area contributed by atoms with Crippen molar-refractivity contribution in [2.24, 2.45) is 0 Å². The average molecular weight is 898 g/mol. The van der Waals surface area contributed by atoms with Crippen LogP contribution in [0.5, 0.6) is 0 Å². The van der Waals surface area contributed by atoms with E-state index in [1.807, 2.05) is 0 Å². The number of aliphatic hydroxyl groups is 1. The maximum absolute atomic E-state index is 15.2. The van der Waals surface area contributed by atoms with Gasteiger partial charge in [-0.05, 0) is 117 Å². The van der Waals surface area contributed by atoms with E-state index in [1.165, 1.54) is 86.0 Å². The first-order chi connectivity index (χ1) is 31.2. The molecule has 336 valence electrons. The minimum Gasteiger partial charge on any atom is -0.459 e. The van der Waals surface area contributed by atoms with Crippen molar-refractivity contribution < 1.29 is 45.8 Å². The highest BCUT2D eigenvalue weighted by molar-refractivity contribution is 5.95. The Morgan fingerprint density at radius 3 is 1.80 bits per heavy atom. The number of hydrogen-bond donors (Lipinski definition) is 4. The second kappa shape index (κ2) is 18.6. The molecule has 4 heterocycles. The van der Waals surface area contributed by atoms with Gasteiger partial charge in [-0.25, -0.2) is 31.1 Å². The first kappa shape index (κ1) is 44.6. The van der Waals surface area contributed by atoms with Crippen LogP contribution in [0.15, 0.2) is 91.3 Å². The van der Waals surface area contributed by atoms with Crippen LogP contribution >= 0.6 is 0 Å². The van der Waals surface area contributed by atoms with Crippen LogP contribution in [-0.2, 0) is 15.6 Å². The summed E-state index contributed by atoms with van der Waals surface area (Å²) >= 11 is 0. The standard InChI is InChI=1S/C46H41F6N9O4/c1-25-30(7-9-33(50)40(25)37-11-13-39(61-59-37)57-24-46(19-28(48)20-46)42-35(52)5-3-15-54-42)44(64)65-22-29(62)21-55-43(63)26-6-8-32(49)31(16-26)36-10-12-38(60-58-36)56-23-45(17-27(47)18-45)41-34(51)4-2-14-53-41/h2-16,27-29,62H,17-24H2,1H3,(H,55,63)(H,56,60)(H,57,61)/t27?,28?,29-,45?,46?/m0/s1. The number of carbonyl (C=O) groups is 2. The Balaban J connectivity index is 0.837. The van der Waals surface area contributed by atoms with Gasteiger partial charge in [0.15, 0.2) is 0 Å². The van der Waals surface area contributed by atoms with E-state index in [9.17, 15) is 36.6 Å². The number of pyridine rings is 2. The Morgan fingerprint density at radius 1 is 0.723 bits per heavy atom. The number of nitrogens with zero attached hydrogens (tertiary/aromatic N) is 6. The molecule has 2 aromatic carbocycles. The lowest BCUT2D eigenvalue weighted by molar-refractivity contribution is 0.0259. The topological polar surface area (TPSA) is 177 Å². The molecule has 0 bridgehead atoms. The van der Waals surface area contributed by atoms with Gasteiger partial charge in [0, 0.05) is 59.5 Å². The molecule has 0 radical (unpaired) electrons. The fourth-order valence-electron chi connectivity index (χ4n) is 8.32. The molecule has 6 aromatic rings. The normalized spacial score (nSPS) is 20.5. The van der Waals surface area contributed by atoms with Crippen molar-refractivity contribution in [2.75, 3.05) is 36.9 Å². The highest BCUT2D eigenvalue weighted by Gasteiger charge is 2.49. The molecular weight excluding hydrogens is 857 g/mol. The molecule has 65 heavy (non-hydrogen) atoms. The number of rotatable bonds is 16. The van der Waals surface area contributed by atoms with Gasteiger partial charge in [-0.2, -0.15) is 0 Å². The van der Waals surface area contributed by atoms with Gasteiger partial charge < -0.3 is 25.8 Å². The van der Waals surface area contributed by atoms with Gasteiger partial charge in [0.25, 0.3) is 5.91 Å². The Bertz CT molecular complexity index is 2700. The largest absolute Gasteiger partial charge is 0.459 e. The number of esters is 1. The summed E-state index contributed by atoms with van der Waals surface area (Å²) in [5.41, 5.74) is -1.12. The highest BCUT2D eigenvalue weighted by Crippen LogP contribution is 2.47. The molecule has 4 aromatic heterocycles. The lowest BCUT2D eigenvalue weighted by atomic mass is 9.65. The Labute approximate surface area is 368 Å². The van der Waals surface area contributed by atoms with E-state index in [4.69, 9.17) is 4.74 Å². The van der Waals surface area contributed by atoms with Crippen LogP contribution in [0.2, 0.25) is 0 Å². The van der Waals surface area contributed by atoms with Gasteiger partial charge in [0.2, 0.25) is 0 Å². The molecule has 13 nitrogen and oxygen atoms in total. The van der Waals surface area contributed by atoms with Crippen molar-refractivity contribution in [1.29, 1.82) is 0 Å². The van der Waals surface area contributed by atoms with Crippen LogP contribution in [0.4, 0.5) is 38.0 Å². The second-order valence-corrected chi connectivity index (χ2v) is 16.3. The van der Waals surface area contributed by atoms with E-state index in [2.05, 4.69) is 46.3 Å². The van der Waals surface area contributed by atoms with Crippen molar-refractivity contribution in [3.05, 3.63) is 143 Å². The molecule has 1 amide bonds. The number of carbonyl (C=O) groups excluding carboxylic acids is 2. The minimum atomic E-state index is -1.37. The Hall–Kier alpha value is -7.02. The zero-order chi connectivity index (χ0) is 45.9. The van der Waals surface area contributed by atoms with Crippen LogP contribution in [0.3, 0.4) is 0 Å². The van der Waals surface area contributed by atoms with E-state index in [-0.39, 0.29) is 108 Å². The van der Waals surface area contributed by atoms with Crippen molar-refractivity contribution in [3.8, 4) is 22.5 Å². The maximum Gasteiger partial charge on any atom is 0.338 e. The third-order valence-corrected chi connectivity index (χ3v) is 11.8. The van der Waals surface area contributed by atoms with Crippen molar-refractivity contribution in [1.82, 2.24) is 35.7 Å². The third-order valence-electron chi connectivity index (χ3n) is 11.8. The molecule has 19 heteroatoms. The summed E-state index contributed by atoms with van der Waals surface area (Å²) in [6.07, 6.45) is -0.327. The Morgan fingerprint density at radius 2 is 1.28 bits per heavy atom. The summed E-state index contributed by atoms with van der Waals surface area (Å²) in [5.74, 6) is -3.47. The lowest BCUT2D eigenvalue weighted by Crippen LogP contribution is -2.49. The van der Waals surface area contributed by atoms with Crippen molar-refractivity contribution >= 4 is 23.5 Å². The number of amides is 1. The van der Waals surface area contributed by atoms with E-state index in [1.54, 1.807) is 0 Å². The molecule has 2 aliphatic carbocycles. The smallest absolute Gasteiger partial charge is 0.338 e. The molecule has 1 atom stereocenters. The van der Waals surface area contributed by atoms with Crippen molar-refractivity contribution in [2.45, 2.75) is 61.9 Å². The lowest BCUT2D eigenvalue weighted by Gasteiger charge is -2.44. The monoisotopic (exact) mass is 897 g/mol. The van der Waals surface area contributed by atoms with Gasteiger partial charge in [-0.3, -0.25) is 14.8 Å². The van der Waals surface area contributed by atoms with Crippen LogP contribution in [0.25, 0.3) is 22.5 Å². The zero-order valence-electron chi connectivity index (χ0n) is 34.7. The summed E-state index contributed by atoms with van der Waals surface area (Å²) in [6.45, 7) is 0.848. The number of halogens is 6. The van der Waals surface area contributed by atoms with Gasteiger partial charge >= 0.3 is 5.97 Å². The van der Waals surface area contributed by atoms with Crippen LogP contribution < -0.4 is 16.0 Å². The van der Waals surface area contributed by atoms with Crippen LogP contribution in [0.1, 0.15) is 63.4 Å². The van der Waals surface area contributed by atoms with Gasteiger partial charge in [0.1, 0.15) is 60.0 Å². The molecule has 0 saturated heterocycles. The van der Waals surface area contributed by atoms with Crippen LogP contribution in [0, 0.1) is 30.2 Å². The first-order valence-corrected chi connectivity index (χ1v) is 20.6. The van der Waals surface area contributed by atoms with Gasteiger partial charge in [0.05, 0.1) is 28.3 Å². The second-order valence-electron chi connectivity index (χ2n) is 16.3. The predicted molar refractivity (Wildman–Crippen MR) is 225 cm³/mol. The van der Waals surface area contributed by atoms with E-state index >= 15 is 4.39 Å². The fraction of sp³-hybridized carbons (Fsp3) is 0.304. The van der Waals surface area contributed by atoms with Crippen LogP contribution in [-0.4, -0.2) is 92.0 Å². The zero-order valence-corrected chi connectivity index (χ0v) is 34.7. The summed E-state index contributed by atoms with van der Waals surface area (Å²) in [7, 11) is 0. The van der Waals surface area contributed by atoms with Gasteiger partial charge in [-0.15, -0.1) is 20.4 Å². The summed E-state index contributed by atoms with van der Waals surface area (Å²) < 4.78 is 92.6. The molecule has 2 aliphatic rings. The van der Waals surface area contributed by atoms with E-state index in [0.29, 0.717) is 0 Å². The minimum absolute atomic E-state index is 0.0189. The molecule has 4 N–H and O–H groups in total. The molecular formula is C46H41F6N9O4. The Kier molecular flexibility index (Phi) is 12.8. The number of alkyl halides is 2. The number of ether oxygens (including phenoxy) is 1. The van der Waals surface area contributed by atoms with Crippen molar-refractivity contribution in [3.63, 3.8) is 0 Å². The number of anilines is 2. The number of aromatic nitrogens is 6. The number of nitrogens with one attached hydrogen (secondary N) is 3. The molecule has 8 rings (SSSR count). The van der Waals surface area contributed by atoms with Gasteiger partial charge in [-0.1, -0.05) is 0 Å². The summed E-state index contributed by atoms with van der Waals surface area (Å²) in [6, 6.07) is 17.3. The number of aliphatic hydroxyl groups excluding tert-OH is 1. The first-order valence-electron chi connectivity index (χ1n) is 20.6. The molecule has 2 saturated carbocycles. The highest BCUT2D eigenvalue weighted by atomic mass is 19.2. The molecule has 0 aliphatic heterocycles. The molecule has 0 unspecified atom stereocenters. The fourth-order valence-corrected chi connectivity index (χ4v) is 8.32. The summed E-state index contributed by atoms with van der Waals surface area (Å²) in [5, 5.41) is 35.6. The predicted octanol–water partition coefficient (Wildman–Crippen LogP) is 7.17.